The number of piperidine rings is 1. The number of amides is 1. The van der Waals surface area contributed by atoms with Crippen molar-refractivity contribution in [2.24, 2.45) is 0 Å². The second-order valence-electron chi connectivity index (χ2n) is 7.14. The van der Waals surface area contributed by atoms with Crippen LogP contribution in [0.3, 0.4) is 0 Å². The molecule has 0 radical (unpaired) electrons. The highest BCUT2D eigenvalue weighted by Crippen LogP contribution is 2.29. The molecule has 1 aromatic rings. The summed E-state index contributed by atoms with van der Waals surface area (Å²) in [5.74, 6) is -0.158. The number of benzene rings is 1. The number of rotatable bonds is 3. The van der Waals surface area contributed by atoms with Crippen LogP contribution in [0.15, 0.2) is 12.1 Å². The van der Waals surface area contributed by atoms with Gasteiger partial charge in [0, 0.05) is 31.7 Å². The Balaban J connectivity index is 1.36. The van der Waals surface area contributed by atoms with Crippen molar-refractivity contribution >= 4 is 11.9 Å². The van der Waals surface area contributed by atoms with Crippen LogP contribution >= 0.6 is 0 Å². The van der Waals surface area contributed by atoms with Gasteiger partial charge in [0.05, 0.1) is 12.2 Å². The first-order chi connectivity index (χ1) is 12.1. The van der Waals surface area contributed by atoms with Gasteiger partial charge in [-0.05, 0) is 43.4 Å². The summed E-state index contributed by atoms with van der Waals surface area (Å²) in [5, 5.41) is 2.93. The van der Waals surface area contributed by atoms with Crippen LogP contribution < -0.4 is 5.32 Å². The summed E-state index contributed by atoms with van der Waals surface area (Å²) in [4.78, 5) is 26.2. The number of carbonyl (C=O) groups excluding carboxylic acids is 2. The van der Waals surface area contributed by atoms with Crippen LogP contribution in [-0.4, -0.2) is 55.2 Å². The minimum Gasteiger partial charge on any atom is -0.457 e. The van der Waals surface area contributed by atoms with Gasteiger partial charge in [0.2, 0.25) is 0 Å². The Morgan fingerprint density at radius 3 is 2.80 bits per heavy atom. The quantitative estimate of drug-likeness (QED) is 0.835. The Kier molecular flexibility index (Phi) is 4.25. The third-order valence-electron chi connectivity index (χ3n) is 5.82. The summed E-state index contributed by atoms with van der Waals surface area (Å²) in [6, 6.07) is 3.93. The van der Waals surface area contributed by atoms with Crippen molar-refractivity contribution in [1.82, 2.24) is 10.2 Å². The molecule has 6 heteroatoms. The van der Waals surface area contributed by atoms with Gasteiger partial charge in [0.1, 0.15) is 12.2 Å². The molecule has 2 fully saturated rings. The summed E-state index contributed by atoms with van der Waals surface area (Å²) in [5.41, 5.74) is 3.58. The van der Waals surface area contributed by atoms with Crippen LogP contribution in [0.5, 0.6) is 0 Å². The monoisotopic (exact) mass is 344 g/mol. The van der Waals surface area contributed by atoms with Crippen LogP contribution in [0.2, 0.25) is 0 Å². The average Bonchev–Trinajstić information content (AvgIpc) is 3.00. The minimum absolute atomic E-state index is 0.0533. The van der Waals surface area contributed by atoms with E-state index in [-0.39, 0.29) is 11.9 Å². The Morgan fingerprint density at radius 2 is 2.04 bits per heavy atom. The zero-order valence-electron chi connectivity index (χ0n) is 14.6. The molecule has 1 N–H and O–H groups in total. The predicted molar refractivity (Wildman–Crippen MR) is 91.4 cm³/mol. The van der Waals surface area contributed by atoms with Crippen molar-refractivity contribution in [3.63, 3.8) is 0 Å². The van der Waals surface area contributed by atoms with Crippen molar-refractivity contribution < 1.29 is 19.1 Å². The summed E-state index contributed by atoms with van der Waals surface area (Å²) < 4.78 is 11.0. The maximum absolute atomic E-state index is 12.1. The predicted octanol–water partition coefficient (Wildman–Crippen LogP) is 1.19. The lowest BCUT2D eigenvalue weighted by Crippen LogP contribution is -2.59. The lowest BCUT2D eigenvalue weighted by molar-refractivity contribution is -0.162. The molecule has 1 amide bonds. The highest BCUT2D eigenvalue weighted by atomic mass is 16.5. The Hall–Kier alpha value is -1.92. The highest BCUT2D eigenvalue weighted by Gasteiger charge is 2.44. The number of nitrogens with zero attached hydrogens (tertiary/aromatic N) is 1. The number of nitrogens with one attached hydrogen (secondary N) is 1. The fourth-order valence-electron chi connectivity index (χ4n) is 4.09. The van der Waals surface area contributed by atoms with E-state index >= 15 is 0 Å². The van der Waals surface area contributed by atoms with Gasteiger partial charge in [-0.25, -0.2) is 4.79 Å². The lowest BCUT2D eigenvalue weighted by atomic mass is 9.89. The van der Waals surface area contributed by atoms with Crippen molar-refractivity contribution in [3.05, 3.63) is 34.4 Å². The number of hydrogen-bond acceptors (Lipinski definition) is 5. The molecule has 1 spiro atoms. The number of fused-ring (bicyclic) bond motifs is 1. The number of hydrogen-bond donors (Lipinski definition) is 1. The van der Waals surface area contributed by atoms with Crippen LogP contribution in [-0.2, 0) is 27.3 Å². The largest absolute Gasteiger partial charge is 0.457 e. The van der Waals surface area contributed by atoms with Crippen molar-refractivity contribution in [2.45, 2.75) is 38.4 Å². The number of esters is 1. The molecule has 2 saturated heterocycles. The molecule has 0 atom stereocenters. The smallest absolute Gasteiger partial charge is 0.338 e. The fraction of sp³-hybridized carbons (Fsp3) is 0.579. The van der Waals surface area contributed by atoms with Crippen LogP contribution in [0, 0.1) is 6.92 Å². The van der Waals surface area contributed by atoms with Crippen molar-refractivity contribution in [3.8, 4) is 0 Å². The van der Waals surface area contributed by atoms with E-state index in [9.17, 15) is 9.59 Å². The summed E-state index contributed by atoms with van der Waals surface area (Å²) in [6.07, 6.45) is 2.45. The van der Waals surface area contributed by atoms with Gasteiger partial charge in [-0.1, -0.05) is 6.07 Å². The van der Waals surface area contributed by atoms with Crippen LogP contribution in [0.4, 0.5) is 0 Å². The molecule has 0 aliphatic carbocycles. The Labute approximate surface area is 147 Å². The molecular formula is C19H24N2O4. The molecule has 4 rings (SSSR count). The minimum atomic E-state index is -0.601. The molecule has 0 bridgehead atoms. The first-order valence-corrected chi connectivity index (χ1v) is 9.02. The highest BCUT2D eigenvalue weighted by molar-refractivity contribution is 5.93. The number of carbonyl (C=O) groups is 2. The van der Waals surface area contributed by atoms with E-state index in [1.165, 1.54) is 11.1 Å². The molecule has 134 valence electrons. The standard InChI is InChI=1S/C19H24N2O4/c1-13-14(2-3-15-16(13)12-24-17(15)22)4-8-21-9-5-19(6-10-21)18(23)20-7-11-25-19/h2-3H,4-12H2,1H3,(H,20,23). The zero-order chi connectivity index (χ0) is 17.4. The van der Waals surface area contributed by atoms with Gasteiger partial charge in [-0.15, -0.1) is 0 Å². The van der Waals surface area contributed by atoms with E-state index in [0.717, 1.165) is 44.5 Å². The van der Waals surface area contributed by atoms with Gasteiger partial charge in [0.25, 0.3) is 5.91 Å². The first-order valence-electron chi connectivity index (χ1n) is 9.02. The lowest BCUT2D eigenvalue weighted by Gasteiger charge is -2.42. The molecule has 0 unspecified atom stereocenters. The second kappa shape index (κ2) is 6.42. The van der Waals surface area contributed by atoms with E-state index < -0.39 is 5.60 Å². The normalized spacial score (nSPS) is 22.6. The van der Waals surface area contributed by atoms with Crippen molar-refractivity contribution in [1.29, 1.82) is 0 Å². The molecule has 3 aliphatic rings. The van der Waals surface area contributed by atoms with Crippen molar-refractivity contribution in [2.75, 3.05) is 32.8 Å². The third kappa shape index (κ3) is 2.93. The van der Waals surface area contributed by atoms with Crippen LogP contribution in [0.25, 0.3) is 0 Å². The molecule has 3 aliphatic heterocycles. The molecule has 1 aromatic carbocycles. The van der Waals surface area contributed by atoms with E-state index in [2.05, 4.69) is 17.1 Å². The van der Waals surface area contributed by atoms with Gasteiger partial charge in [-0.3, -0.25) is 4.79 Å². The summed E-state index contributed by atoms with van der Waals surface area (Å²) in [6.45, 7) is 6.40. The summed E-state index contributed by atoms with van der Waals surface area (Å²) >= 11 is 0. The van der Waals surface area contributed by atoms with E-state index in [1.807, 2.05) is 12.1 Å². The SMILES string of the molecule is Cc1c(CCN2CCC3(CC2)OCCNC3=O)ccc2c1COC2=O. The van der Waals surface area contributed by atoms with E-state index in [0.29, 0.717) is 25.3 Å². The second-order valence-corrected chi connectivity index (χ2v) is 7.14. The maximum Gasteiger partial charge on any atom is 0.338 e. The molecule has 0 aromatic heterocycles. The Morgan fingerprint density at radius 1 is 1.24 bits per heavy atom. The number of morpholine rings is 1. The molecule has 0 saturated carbocycles. The maximum atomic E-state index is 12.1. The molecule has 3 heterocycles. The van der Waals surface area contributed by atoms with E-state index in [4.69, 9.17) is 9.47 Å². The number of likely N-dealkylation sites (tertiary alicyclic amines) is 1. The van der Waals surface area contributed by atoms with Gasteiger partial charge >= 0.3 is 5.97 Å². The summed E-state index contributed by atoms with van der Waals surface area (Å²) in [7, 11) is 0. The van der Waals surface area contributed by atoms with Crippen LogP contribution in [0.1, 0.15) is 39.9 Å². The number of ether oxygens (including phenoxy) is 2. The van der Waals surface area contributed by atoms with Gasteiger partial charge < -0.3 is 19.7 Å². The fourth-order valence-corrected chi connectivity index (χ4v) is 4.09. The van der Waals surface area contributed by atoms with Gasteiger partial charge in [-0.2, -0.15) is 0 Å². The van der Waals surface area contributed by atoms with E-state index in [1.54, 1.807) is 0 Å². The Bertz CT molecular complexity index is 708. The number of cyclic esters (lactones) is 1. The average molecular weight is 344 g/mol. The van der Waals surface area contributed by atoms with Gasteiger partial charge in [0.15, 0.2) is 0 Å². The third-order valence-corrected chi connectivity index (χ3v) is 5.82. The topological polar surface area (TPSA) is 67.9 Å². The molecule has 25 heavy (non-hydrogen) atoms. The zero-order valence-corrected chi connectivity index (χ0v) is 14.6. The molecule has 6 nitrogen and oxygen atoms in total. The molecular weight excluding hydrogens is 320 g/mol. The first kappa shape index (κ1) is 16.5.